The number of nitrogens with two attached hydrogens (primary N) is 1. The van der Waals surface area contributed by atoms with Gasteiger partial charge in [-0.1, -0.05) is 19.9 Å². The fourth-order valence-corrected chi connectivity index (χ4v) is 0.907. The SMILES string of the molecule is C=CCCC(NN)C(C)C. The van der Waals surface area contributed by atoms with Gasteiger partial charge >= 0.3 is 0 Å². The first-order chi connectivity index (χ1) is 4.72. The lowest BCUT2D eigenvalue weighted by Gasteiger charge is -2.18. The molecule has 1 atom stereocenters. The highest BCUT2D eigenvalue weighted by atomic mass is 15.2. The van der Waals surface area contributed by atoms with E-state index < -0.39 is 0 Å². The predicted octanol–water partition coefficient (Wildman–Crippen LogP) is 1.44. The van der Waals surface area contributed by atoms with Crippen molar-refractivity contribution in [2.75, 3.05) is 0 Å². The quantitative estimate of drug-likeness (QED) is 0.346. The maximum Gasteiger partial charge on any atom is 0.0236 e. The molecule has 0 aliphatic carbocycles. The molecule has 0 rings (SSSR count). The van der Waals surface area contributed by atoms with Crippen LogP contribution in [-0.2, 0) is 0 Å². The molecule has 0 aliphatic rings. The van der Waals surface area contributed by atoms with Crippen LogP contribution in [0.25, 0.3) is 0 Å². The van der Waals surface area contributed by atoms with Gasteiger partial charge in [0.25, 0.3) is 0 Å². The van der Waals surface area contributed by atoms with Crippen LogP contribution in [-0.4, -0.2) is 6.04 Å². The van der Waals surface area contributed by atoms with E-state index in [-0.39, 0.29) is 0 Å². The second-order valence-electron chi connectivity index (χ2n) is 2.88. The molecule has 0 bridgehead atoms. The van der Waals surface area contributed by atoms with E-state index in [0.717, 1.165) is 12.8 Å². The lowest BCUT2D eigenvalue weighted by atomic mass is 10.0. The van der Waals surface area contributed by atoms with Gasteiger partial charge in [0.05, 0.1) is 0 Å². The topological polar surface area (TPSA) is 38.0 Å². The summed E-state index contributed by atoms with van der Waals surface area (Å²) in [4.78, 5) is 0. The first kappa shape index (κ1) is 9.66. The van der Waals surface area contributed by atoms with Gasteiger partial charge in [0.2, 0.25) is 0 Å². The Morgan fingerprint density at radius 2 is 2.20 bits per heavy atom. The van der Waals surface area contributed by atoms with E-state index in [0.29, 0.717) is 12.0 Å². The molecule has 0 saturated carbocycles. The third-order valence-corrected chi connectivity index (χ3v) is 1.70. The van der Waals surface area contributed by atoms with Gasteiger partial charge in [-0.25, -0.2) is 0 Å². The monoisotopic (exact) mass is 142 g/mol. The maximum absolute atomic E-state index is 5.33. The largest absolute Gasteiger partial charge is 0.271 e. The van der Waals surface area contributed by atoms with E-state index in [9.17, 15) is 0 Å². The Balaban J connectivity index is 3.49. The summed E-state index contributed by atoms with van der Waals surface area (Å²) in [5.74, 6) is 5.93. The fourth-order valence-electron chi connectivity index (χ4n) is 0.907. The molecule has 60 valence electrons. The molecule has 0 amide bonds. The number of nitrogens with one attached hydrogen (secondary N) is 1. The van der Waals surface area contributed by atoms with Crippen LogP contribution in [0.5, 0.6) is 0 Å². The van der Waals surface area contributed by atoms with E-state index in [2.05, 4.69) is 25.9 Å². The van der Waals surface area contributed by atoms with Crippen molar-refractivity contribution in [1.82, 2.24) is 5.43 Å². The van der Waals surface area contributed by atoms with Gasteiger partial charge in [-0.15, -0.1) is 6.58 Å². The van der Waals surface area contributed by atoms with Gasteiger partial charge in [-0.2, -0.15) is 0 Å². The number of allylic oxidation sites excluding steroid dienone is 1. The van der Waals surface area contributed by atoms with Crippen molar-refractivity contribution in [3.8, 4) is 0 Å². The third-order valence-electron chi connectivity index (χ3n) is 1.70. The highest BCUT2D eigenvalue weighted by Gasteiger charge is 2.08. The Kier molecular flexibility index (Phi) is 5.26. The van der Waals surface area contributed by atoms with E-state index in [1.165, 1.54) is 0 Å². The average Bonchev–Trinajstić information content (AvgIpc) is 1.89. The fraction of sp³-hybridized carbons (Fsp3) is 0.750. The smallest absolute Gasteiger partial charge is 0.0236 e. The lowest BCUT2D eigenvalue weighted by molar-refractivity contribution is 0.386. The van der Waals surface area contributed by atoms with Gasteiger partial charge in [0.1, 0.15) is 0 Å². The molecule has 2 heteroatoms. The van der Waals surface area contributed by atoms with E-state index >= 15 is 0 Å². The van der Waals surface area contributed by atoms with Crippen molar-refractivity contribution in [2.24, 2.45) is 11.8 Å². The normalized spacial score (nSPS) is 13.6. The number of rotatable bonds is 5. The lowest BCUT2D eigenvalue weighted by Crippen LogP contribution is -2.38. The summed E-state index contributed by atoms with van der Waals surface area (Å²) in [5, 5.41) is 0. The summed E-state index contributed by atoms with van der Waals surface area (Å²) in [7, 11) is 0. The minimum absolute atomic E-state index is 0.429. The second-order valence-corrected chi connectivity index (χ2v) is 2.88. The van der Waals surface area contributed by atoms with Crippen LogP contribution in [0, 0.1) is 5.92 Å². The van der Waals surface area contributed by atoms with Crippen LogP contribution in [0.15, 0.2) is 12.7 Å². The summed E-state index contributed by atoms with van der Waals surface area (Å²) in [5.41, 5.74) is 2.79. The van der Waals surface area contributed by atoms with Crippen molar-refractivity contribution in [3.05, 3.63) is 12.7 Å². The van der Waals surface area contributed by atoms with Crippen LogP contribution >= 0.6 is 0 Å². The zero-order valence-electron chi connectivity index (χ0n) is 6.93. The van der Waals surface area contributed by atoms with Crippen molar-refractivity contribution in [2.45, 2.75) is 32.7 Å². The zero-order chi connectivity index (χ0) is 7.98. The van der Waals surface area contributed by atoms with Gasteiger partial charge < -0.3 is 0 Å². The highest BCUT2D eigenvalue weighted by Crippen LogP contribution is 2.06. The summed E-state index contributed by atoms with van der Waals surface area (Å²) in [6.45, 7) is 7.98. The molecular weight excluding hydrogens is 124 g/mol. The van der Waals surface area contributed by atoms with Crippen LogP contribution < -0.4 is 11.3 Å². The number of hydrazine groups is 1. The number of hydrogen-bond acceptors (Lipinski definition) is 2. The molecule has 1 unspecified atom stereocenters. The van der Waals surface area contributed by atoms with Crippen molar-refractivity contribution in [1.29, 1.82) is 0 Å². The molecule has 3 N–H and O–H groups in total. The third kappa shape index (κ3) is 3.64. The Hall–Kier alpha value is -0.340. The van der Waals surface area contributed by atoms with Gasteiger partial charge in [-0.05, 0) is 18.8 Å². The van der Waals surface area contributed by atoms with Crippen molar-refractivity contribution in [3.63, 3.8) is 0 Å². The molecule has 0 aromatic heterocycles. The Labute approximate surface area is 63.5 Å². The van der Waals surface area contributed by atoms with Gasteiger partial charge in [0.15, 0.2) is 0 Å². The van der Waals surface area contributed by atoms with Crippen LogP contribution in [0.2, 0.25) is 0 Å². The van der Waals surface area contributed by atoms with Gasteiger partial charge in [0, 0.05) is 6.04 Å². The summed E-state index contributed by atoms with van der Waals surface area (Å²) >= 11 is 0. The average molecular weight is 142 g/mol. The molecule has 0 radical (unpaired) electrons. The summed E-state index contributed by atoms with van der Waals surface area (Å²) < 4.78 is 0. The first-order valence-electron chi connectivity index (χ1n) is 3.79. The summed E-state index contributed by atoms with van der Waals surface area (Å²) in [6.07, 6.45) is 4.04. The van der Waals surface area contributed by atoms with Gasteiger partial charge in [-0.3, -0.25) is 11.3 Å². The standard InChI is InChI=1S/C8H18N2/c1-4-5-6-8(10-9)7(2)3/h4,7-8,10H,1,5-6,9H2,2-3H3. The molecule has 0 aromatic rings. The summed E-state index contributed by atoms with van der Waals surface area (Å²) in [6, 6.07) is 0.429. The Morgan fingerprint density at radius 3 is 2.50 bits per heavy atom. The molecule has 0 saturated heterocycles. The molecule has 0 spiro atoms. The molecule has 0 aromatic carbocycles. The minimum atomic E-state index is 0.429. The van der Waals surface area contributed by atoms with Crippen LogP contribution in [0.1, 0.15) is 26.7 Å². The van der Waals surface area contributed by atoms with Crippen LogP contribution in [0.3, 0.4) is 0 Å². The van der Waals surface area contributed by atoms with Crippen molar-refractivity contribution < 1.29 is 0 Å². The molecule has 10 heavy (non-hydrogen) atoms. The van der Waals surface area contributed by atoms with E-state index in [1.54, 1.807) is 0 Å². The highest BCUT2D eigenvalue weighted by molar-refractivity contribution is 4.74. The maximum atomic E-state index is 5.33. The Morgan fingerprint density at radius 1 is 1.60 bits per heavy atom. The van der Waals surface area contributed by atoms with Crippen molar-refractivity contribution >= 4 is 0 Å². The molecule has 0 aliphatic heterocycles. The minimum Gasteiger partial charge on any atom is -0.271 e. The second kappa shape index (κ2) is 5.45. The number of hydrogen-bond donors (Lipinski definition) is 2. The molecular formula is C8H18N2. The Bertz CT molecular complexity index is 89.3. The van der Waals surface area contributed by atoms with Crippen LogP contribution in [0.4, 0.5) is 0 Å². The molecule has 0 heterocycles. The zero-order valence-corrected chi connectivity index (χ0v) is 6.93. The molecule has 0 fully saturated rings. The first-order valence-corrected chi connectivity index (χ1v) is 3.79. The van der Waals surface area contributed by atoms with E-state index in [1.807, 2.05) is 6.08 Å². The predicted molar refractivity (Wildman–Crippen MR) is 45.4 cm³/mol. The molecule has 2 nitrogen and oxygen atoms in total. The van der Waals surface area contributed by atoms with E-state index in [4.69, 9.17) is 5.84 Å².